The van der Waals surface area contributed by atoms with E-state index in [2.05, 4.69) is 0 Å². The summed E-state index contributed by atoms with van der Waals surface area (Å²) in [5.74, 6) is -1.75. The summed E-state index contributed by atoms with van der Waals surface area (Å²) in [6.07, 6.45) is 0.146. The topological polar surface area (TPSA) is 35.2 Å². The zero-order valence-electron chi connectivity index (χ0n) is 10.9. The number of benzene rings is 2. The third-order valence-corrected chi connectivity index (χ3v) is 3.36. The maximum absolute atomic E-state index is 13.9. The summed E-state index contributed by atoms with van der Waals surface area (Å²) in [4.78, 5) is 0. The molecule has 112 valence electrons. The van der Waals surface area contributed by atoms with Crippen molar-refractivity contribution >= 4 is 12.4 Å². The molecule has 0 aromatic heterocycles. The van der Waals surface area contributed by atoms with Crippen LogP contribution in [0.1, 0.15) is 5.56 Å². The summed E-state index contributed by atoms with van der Waals surface area (Å²) < 4.78 is 47.0. The zero-order valence-corrected chi connectivity index (χ0v) is 11.7. The molecule has 0 spiro atoms. The first-order chi connectivity index (χ1) is 9.60. The predicted octanol–water partition coefficient (Wildman–Crippen LogP) is 3.45. The third-order valence-electron chi connectivity index (χ3n) is 3.36. The van der Waals surface area contributed by atoms with E-state index in [-0.39, 0.29) is 36.2 Å². The van der Waals surface area contributed by atoms with Crippen molar-refractivity contribution in [2.75, 3.05) is 6.54 Å². The highest BCUT2D eigenvalue weighted by molar-refractivity contribution is 5.85. The first-order valence-corrected chi connectivity index (χ1v) is 6.23. The standard InChI is InChI=1S/C15H12F3NO.ClH/c16-9-4-8-5-10(7-19)20-15(8)11(6-9)14-12(17)2-1-3-13(14)18;/h1-4,6,10H,5,7,19H2;1H/t10-;/m1./s1. The minimum atomic E-state index is -0.752. The Morgan fingerprint density at radius 1 is 1.14 bits per heavy atom. The number of ether oxygens (including phenoxy) is 1. The molecule has 2 aromatic carbocycles. The molecule has 1 aliphatic heterocycles. The van der Waals surface area contributed by atoms with Crippen LogP contribution in [-0.4, -0.2) is 12.6 Å². The maximum atomic E-state index is 13.9. The van der Waals surface area contributed by atoms with E-state index < -0.39 is 17.5 Å². The monoisotopic (exact) mass is 315 g/mol. The second-order valence-electron chi connectivity index (χ2n) is 4.72. The van der Waals surface area contributed by atoms with Crippen LogP contribution in [0.2, 0.25) is 0 Å². The molecule has 0 aliphatic carbocycles. The van der Waals surface area contributed by atoms with E-state index in [4.69, 9.17) is 10.5 Å². The van der Waals surface area contributed by atoms with Gasteiger partial charge in [0.1, 0.15) is 29.3 Å². The van der Waals surface area contributed by atoms with Gasteiger partial charge in [-0.1, -0.05) is 6.07 Å². The van der Waals surface area contributed by atoms with Gasteiger partial charge in [0, 0.05) is 24.1 Å². The molecule has 3 rings (SSSR count). The second kappa shape index (κ2) is 5.95. The van der Waals surface area contributed by atoms with Crippen molar-refractivity contribution in [2.45, 2.75) is 12.5 Å². The third kappa shape index (κ3) is 2.71. The SMILES string of the molecule is Cl.NC[C@H]1Cc2cc(F)cc(-c3c(F)cccc3F)c2O1. The Bertz CT molecular complexity index is 658. The highest BCUT2D eigenvalue weighted by atomic mass is 35.5. The molecule has 1 atom stereocenters. The van der Waals surface area contributed by atoms with Crippen molar-refractivity contribution in [3.05, 3.63) is 53.3 Å². The normalized spacial score (nSPS) is 16.1. The van der Waals surface area contributed by atoms with Gasteiger partial charge in [-0.2, -0.15) is 0 Å². The molecule has 6 heteroatoms. The van der Waals surface area contributed by atoms with E-state index in [0.717, 1.165) is 18.2 Å². The number of rotatable bonds is 2. The van der Waals surface area contributed by atoms with Gasteiger partial charge >= 0.3 is 0 Å². The maximum Gasteiger partial charge on any atom is 0.134 e. The van der Waals surface area contributed by atoms with Crippen LogP contribution in [0.5, 0.6) is 5.75 Å². The Morgan fingerprint density at radius 2 is 1.81 bits per heavy atom. The van der Waals surface area contributed by atoms with Gasteiger partial charge in [0.05, 0.1) is 5.56 Å². The molecule has 0 fully saturated rings. The van der Waals surface area contributed by atoms with Gasteiger partial charge in [-0.15, -0.1) is 12.4 Å². The van der Waals surface area contributed by atoms with Crippen molar-refractivity contribution in [3.8, 4) is 16.9 Å². The molecule has 0 radical (unpaired) electrons. The van der Waals surface area contributed by atoms with Gasteiger partial charge in [-0.05, 0) is 24.3 Å². The highest BCUT2D eigenvalue weighted by Crippen LogP contribution is 2.41. The fourth-order valence-electron chi connectivity index (χ4n) is 2.47. The van der Waals surface area contributed by atoms with Crippen molar-refractivity contribution in [1.82, 2.24) is 0 Å². The smallest absolute Gasteiger partial charge is 0.134 e. The summed E-state index contributed by atoms with van der Waals surface area (Å²) in [6.45, 7) is 0.259. The van der Waals surface area contributed by atoms with Crippen LogP contribution in [-0.2, 0) is 6.42 Å². The lowest BCUT2D eigenvalue weighted by Crippen LogP contribution is -2.24. The number of hydrogen-bond donors (Lipinski definition) is 1. The Morgan fingerprint density at radius 3 is 2.43 bits per heavy atom. The minimum absolute atomic E-state index is 0. The quantitative estimate of drug-likeness (QED) is 0.921. The molecule has 21 heavy (non-hydrogen) atoms. The predicted molar refractivity (Wildman–Crippen MR) is 76.2 cm³/mol. The number of fused-ring (bicyclic) bond motifs is 1. The average Bonchev–Trinajstić information content (AvgIpc) is 2.81. The Labute approximate surface area is 126 Å². The van der Waals surface area contributed by atoms with Gasteiger partial charge in [0.2, 0.25) is 0 Å². The van der Waals surface area contributed by atoms with E-state index in [0.29, 0.717) is 17.7 Å². The zero-order chi connectivity index (χ0) is 14.3. The summed E-state index contributed by atoms with van der Waals surface area (Å²) in [6, 6.07) is 5.92. The van der Waals surface area contributed by atoms with Crippen molar-refractivity contribution in [1.29, 1.82) is 0 Å². The lowest BCUT2D eigenvalue weighted by atomic mass is 9.99. The summed E-state index contributed by atoms with van der Waals surface area (Å²) in [7, 11) is 0. The van der Waals surface area contributed by atoms with Crippen molar-refractivity contribution in [3.63, 3.8) is 0 Å². The molecular weight excluding hydrogens is 303 g/mol. The molecule has 2 N–H and O–H groups in total. The highest BCUT2D eigenvalue weighted by Gasteiger charge is 2.28. The van der Waals surface area contributed by atoms with Crippen LogP contribution < -0.4 is 10.5 Å². The molecule has 1 aliphatic rings. The molecular formula is C15H13ClF3NO. The molecule has 2 aromatic rings. The van der Waals surface area contributed by atoms with Crippen LogP contribution in [0.15, 0.2) is 30.3 Å². The molecule has 0 saturated carbocycles. The molecule has 0 amide bonds. The van der Waals surface area contributed by atoms with Gasteiger partial charge in [-0.3, -0.25) is 0 Å². The van der Waals surface area contributed by atoms with Gasteiger partial charge in [-0.25, -0.2) is 13.2 Å². The summed E-state index contributed by atoms with van der Waals surface area (Å²) >= 11 is 0. The van der Waals surface area contributed by atoms with E-state index in [1.54, 1.807) is 0 Å². The molecule has 0 saturated heterocycles. The lowest BCUT2D eigenvalue weighted by molar-refractivity contribution is 0.242. The largest absolute Gasteiger partial charge is 0.488 e. The fourth-order valence-corrected chi connectivity index (χ4v) is 2.47. The van der Waals surface area contributed by atoms with Crippen molar-refractivity contribution in [2.24, 2.45) is 5.73 Å². The van der Waals surface area contributed by atoms with Crippen LogP contribution in [0.3, 0.4) is 0 Å². The summed E-state index contributed by atoms with van der Waals surface area (Å²) in [5, 5.41) is 0. The van der Waals surface area contributed by atoms with Crippen LogP contribution in [0, 0.1) is 17.5 Å². The Hall–Kier alpha value is -1.72. The summed E-state index contributed by atoms with van der Waals surface area (Å²) in [5.41, 5.74) is 5.93. The molecule has 1 heterocycles. The van der Waals surface area contributed by atoms with Crippen LogP contribution in [0.25, 0.3) is 11.1 Å². The van der Waals surface area contributed by atoms with Crippen molar-refractivity contribution < 1.29 is 17.9 Å². The van der Waals surface area contributed by atoms with E-state index in [1.165, 1.54) is 12.1 Å². The average molecular weight is 316 g/mol. The fraction of sp³-hybridized carbons (Fsp3) is 0.200. The van der Waals surface area contributed by atoms with Gasteiger partial charge in [0.25, 0.3) is 0 Å². The first-order valence-electron chi connectivity index (χ1n) is 6.23. The minimum Gasteiger partial charge on any atom is -0.488 e. The number of hydrogen-bond acceptors (Lipinski definition) is 2. The first kappa shape index (κ1) is 15.7. The Kier molecular flexibility index (Phi) is 4.44. The van der Waals surface area contributed by atoms with Crippen LogP contribution >= 0.6 is 12.4 Å². The molecule has 2 nitrogen and oxygen atoms in total. The Balaban J connectivity index is 0.00000161. The number of halogens is 4. The van der Waals surface area contributed by atoms with E-state index in [1.807, 2.05) is 0 Å². The molecule has 0 bridgehead atoms. The van der Waals surface area contributed by atoms with Gasteiger partial charge < -0.3 is 10.5 Å². The van der Waals surface area contributed by atoms with Crippen LogP contribution in [0.4, 0.5) is 13.2 Å². The lowest BCUT2D eigenvalue weighted by Gasteiger charge is -2.12. The van der Waals surface area contributed by atoms with E-state index >= 15 is 0 Å². The molecule has 0 unspecified atom stereocenters. The van der Waals surface area contributed by atoms with Gasteiger partial charge in [0.15, 0.2) is 0 Å². The number of nitrogens with two attached hydrogens (primary N) is 1. The second-order valence-corrected chi connectivity index (χ2v) is 4.72. The van der Waals surface area contributed by atoms with E-state index in [9.17, 15) is 13.2 Å².